The van der Waals surface area contributed by atoms with Gasteiger partial charge in [0, 0.05) is 11.3 Å². The molecule has 1 fully saturated rings. The Morgan fingerprint density at radius 3 is 2.09 bits per heavy atom. The maximum Gasteiger partial charge on any atom is 0.233 e. The minimum Gasteiger partial charge on any atom is -0.388 e. The minimum absolute atomic E-state index is 0.0457. The van der Waals surface area contributed by atoms with Crippen molar-refractivity contribution in [3.05, 3.63) is 101 Å². The summed E-state index contributed by atoms with van der Waals surface area (Å²) in [6.07, 6.45) is -0.0563. The number of rotatable bonds is 7. The van der Waals surface area contributed by atoms with Crippen LogP contribution in [0.25, 0.3) is 0 Å². The van der Waals surface area contributed by atoms with Crippen molar-refractivity contribution in [3.63, 3.8) is 0 Å². The molecule has 0 aromatic heterocycles. The average Bonchev–Trinajstić information content (AvgIpc) is 2.79. The molecule has 32 heavy (non-hydrogen) atoms. The van der Waals surface area contributed by atoms with E-state index in [4.69, 9.17) is 11.1 Å². The van der Waals surface area contributed by atoms with E-state index in [1.807, 2.05) is 12.1 Å². The summed E-state index contributed by atoms with van der Waals surface area (Å²) in [5.74, 6) is -1.29. The third-order valence-corrected chi connectivity index (χ3v) is 5.89. The van der Waals surface area contributed by atoms with Crippen LogP contribution < -0.4 is 10.6 Å². The van der Waals surface area contributed by atoms with Gasteiger partial charge in [0.1, 0.15) is 17.5 Å². The molecule has 1 amide bonds. The molecule has 0 saturated carbocycles. The van der Waals surface area contributed by atoms with Crippen molar-refractivity contribution in [2.75, 3.05) is 4.90 Å². The predicted octanol–water partition coefficient (Wildman–Crippen LogP) is 4.47. The molecule has 5 nitrogen and oxygen atoms in total. The maximum atomic E-state index is 13.4. The van der Waals surface area contributed by atoms with Gasteiger partial charge in [-0.3, -0.25) is 10.2 Å². The van der Waals surface area contributed by atoms with Crippen molar-refractivity contribution >= 4 is 17.4 Å². The molecule has 3 aromatic rings. The topological polar surface area (TPSA) is 90.4 Å². The summed E-state index contributed by atoms with van der Waals surface area (Å²) in [6.45, 7) is 0. The molecule has 3 atom stereocenters. The Bertz CT molecular complexity index is 1120. The molecule has 1 saturated heterocycles. The van der Waals surface area contributed by atoms with Gasteiger partial charge in [-0.05, 0) is 60.4 Å². The van der Waals surface area contributed by atoms with Gasteiger partial charge < -0.3 is 15.7 Å². The summed E-state index contributed by atoms with van der Waals surface area (Å²) in [4.78, 5) is 14.7. The summed E-state index contributed by atoms with van der Waals surface area (Å²) in [7, 11) is 0. The highest BCUT2D eigenvalue weighted by Crippen LogP contribution is 2.46. The molecule has 4 rings (SSSR count). The zero-order valence-corrected chi connectivity index (χ0v) is 17.2. The fraction of sp³-hybridized carbons (Fsp3) is 0.200. The summed E-state index contributed by atoms with van der Waals surface area (Å²) in [6, 6.07) is 18.2. The van der Waals surface area contributed by atoms with E-state index in [9.17, 15) is 18.7 Å². The second kappa shape index (κ2) is 8.88. The van der Waals surface area contributed by atoms with Gasteiger partial charge in [0.25, 0.3) is 0 Å². The van der Waals surface area contributed by atoms with Crippen molar-refractivity contribution < 1.29 is 18.7 Å². The Morgan fingerprint density at radius 1 is 0.969 bits per heavy atom. The number of aliphatic hydroxyl groups excluding tert-OH is 1. The summed E-state index contributed by atoms with van der Waals surface area (Å²) in [5, 5.41) is 18.1. The molecule has 0 bridgehead atoms. The molecule has 7 heteroatoms. The Morgan fingerprint density at radius 2 is 1.53 bits per heavy atom. The number of carbonyl (C=O) groups excluding carboxylic acids is 1. The Labute approximate surface area is 184 Å². The number of carbonyl (C=O) groups is 1. The first-order chi connectivity index (χ1) is 15.3. The summed E-state index contributed by atoms with van der Waals surface area (Å²) >= 11 is 0. The van der Waals surface area contributed by atoms with Gasteiger partial charge in [0.15, 0.2) is 0 Å². The van der Waals surface area contributed by atoms with E-state index >= 15 is 0 Å². The zero-order valence-electron chi connectivity index (χ0n) is 17.2. The van der Waals surface area contributed by atoms with Crippen LogP contribution >= 0.6 is 0 Å². The van der Waals surface area contributed by atoms with Crippen LogP contribution in [-0.2, 0) is 4.79 Å². The van der Waals surface area contributed by atoms with Crippen molar-refractivity contribution in [2.24, 2.45) is 11.7 Å². The van der Waals surface area contributed by atoms with Gasteiger partial charge in [-0.1, -0.05) is 36.4 Å². The summed E-state index contributed by atoms with van der Waals surface area (Å²) in [5.41, 5.74) is 8.17. The van der Waals surface area contributed by atoms with Crippen LogP contribution in [0.4, 0.5) is 14.5 Å². The van der Waals surface area contributed by atoms with Crippen LogP contribution in [0.5, 0.6) is 0 Å². The minimum atomic E-state index is -0.816. The number of hydrogen-bond acceptors (Lipinski definition) is 3. The lowest BCUT2D eigenvalue weighted by molar-refractivity contribution is -0.131. The van der Waals surface area contributed by atoms with Crippen LogP contribution in [-0.4, -0.2) is 16.8 Å². The first-order valence-corrected chi connectivity index (χ1v) is 10.3. The molecule has 1 heterocycles. The highest BCUT2D eigenvalue weighted by atomic mass is 19.1. The van der Waals surface area contributed by atoms with Crippen LogP contribution in [0.1, 0.15) is 41.7 Å². The lowest BCUT2D eigenvalue weighted by Crippen LogP contribution is -2.55. The van der Waals surface area contributed by atoms with E-state index in [0.717, 1.165) is 5.56 Å². The molecule has 1 aliphatic rings. The third kappa shape index (κ3) is 4.24. The second-order valence-corrected chi connectivity index (χ2v) is 7.92. The fourth-order valence-corrected chi connectivity index (χ4v) is 4.15. The van der Waals surface area contributed by atoms with Gasteiger partial charge in [-0.25, -0.2) is 8.78 Å². The Hall–Kier alpha value is -3.58. The molecule has 3 unspecified atom stereocenters. The van der Waals surface area contributed by atoms with Crippen LogP contribution in [0.3, 0.4) is 0 Å². The number of nitrogens with zero attached hydrogens (tertiary/aromatic N) is 1. The zero-order chi connectivity index (χ0) is 22.8. The van der Waals surface area contributed by atoms with E-state index in [1.54, 1.807) is 29.2 Å². The molecule has 0 radical (unpaired) electrons. The molecular formula is C25H23F2N3O2. The molecule has 4 N–H and O–H groups in total. The van der Waals surface area contributed by atoms with Crippen molar-refractivity contribution in [1.29, 1.82) is 5.41 Å². The normalized spacial score (nSPS) is 18.8. The van der Waals surface area contributed by atoms with Gasteiger partial charge in [0.05, 0.1) is 18.1 Å². The molecule has 3 aromatic carbocycles. The van der Waals surface area contributed by atoms with Crippen LogP contribution in [0.15, 0.2) is 72.8 Å². The molecule has 0 spiro atoms. The van der Waals surface area contributed by atoms with Crippen LogP contribution in [0, 0.1) is 23.0 Å². The predicted molar refractivity (Wildman–Crippen MR) is 118 cm³/mol. The SMILES string of the molecule is N=C(N)c1ccc(C2C(CCC(O)c3ccc(F)cc3)C(=O)N2c2ccc(F)cc2)cc1. The van der Waals surface area contributed by atoms with Crippen molar-refractivity contribution in [3.8, 4) is 0 Å². The number of nitrogen functional groups attached to an aromatic ring is 1. The standard InChI is InChI=1S/C25H23F2N3O2/c26-18-7-5-15(6-8-18)22(31)14-13-21-23(16-1-3-17(4-2-16)24(28)29)30(25(21)32)20-11-9-19(27)10-12-20/h1-12,21-23,31H,13-14H2,(H3,28,29). The van der Waals surface area contributed by atoms with E-state index in [-0.39, 0.29) is 35.3 Å². The van der Waals surface area contributed by atoms with Gasteiger partial charge in [0.2, 0.25) is 5.91 Å². The second-order valence-electron chi connectivity index (χ2n) is 7.92. The number of amides is 1. The first-order valence-electron chi connectivity index (χ1n) is 10.3. The van der Waals surface area contributed by atoms with Gasteiger partial charge >= 0.3 is 0 Å². The number of nitrogens with two attached hydrogens (primary N) is 1. The fourth-order valence-electron chi connectivity index (χ4n) is 4.15. The third-order valence-electron chi connectivity index (χ3n) is 5.89. The smallest absolute Gasteiger partial charge is 0.233 e. The van der Waals surface area contributed by atoms with E-state index in [2.05, 4.69) is 0 Å². The highest BCUT2D eigenvalue weighted by molar-refractivity contribution is 6.03. The number of amidine groups is 1. The van der Waals surface area contributed by atoms with Gasteiger partial charge in [-0.15, -0.1) is 0 Å². The average molecular weight is 435 g/mol. The number of benzene rings is 3. The molecule has 164 valence electrons. The van der Waals surface area contributed by atoms with E-state index in [1.165, 1.54) is 36.4 Å². The van der Waals surface area contributed by atoms with E-state index in [0.29, 0.717) is 29.7 Å². The lowest BCUT2D eigenvalue weighted by atomic mass is 9.78. The number of halogens is 2. The number of anilines is 1. The van der Waals surface area contributed by atoms with Gasteiger partial charge in [-0.2, -0.15) is 0 Å². The van der Waals surface area contributed by atoms with E-state index < -0.39 is 6.10 Å². The maximum absolute atomic E-state index is 13.4. The van der Waals surface area contributed by atoms with Crippen LogP contribution in [0.2, 0.25) is 0 Å². The molecule has 1 aliphatic heterocycles. The Kier molecular flexibility index (Phi) is 6.01. The largest absolute Gasteiger partial charge is 0.388 e. The number of hydrogen-bond donors (Lipinski definition) is 3. The molecular weight excluding hydrogens is 412 g/mol. The monoisotopic (exact) mass is 435 g/mol. The number of β-lactam (4-membered cyclic amide) rings is 1. The number of aliphatic hydroxyl groups is 1. The number of nitrogens with one attached hydrogen (secondary N) is 1. The summed E-state index contributed by atoms with van der Waals surface area (Å²) < 4.78 is 26.5. The Balaban J connectivity index is 1.57. The van der Waals surface area contributed by atoms with Crippen molar-refractivity contribution in [1.82, 2.24) is 0 Å². The first kappa shape index (κ1) is 21.6. The highest BCUT2D eigenvalue weighted by Gasteiger charge is 2.48. The quantitative estimate of drug-likeness (QED) is 0.291. The molecule has 0 aliphatic carbocycles. The lowest BCUT2D eigenvalue weighted by Gasteiger charge is -2.48. The van der Waals surface area contributed by atoms with Crippen molar-refractivity contribution in [2.45, 2.75) is 25.0 Å².